The zero-order valence-corrected chi connectivity index (χ0v) is 15.7. The van der Waals surface area contributed by atoms with E-state index in [0.29, 0.717) is 12.5 Å². The minimum Gasteiger partial charge on any atom is -0.352 e. The zero-order chi connectivity index (χ0) is 20.4. The van der Waals surface area contributed by atoms with Gasteiger partial charge in [0, 0.05) is 22.3 Å². The van der Waals surface area contributed by atoms with Gasteiger partial charge in [0.25, 0.3) is 0 Å². The predicted molar refractivity (Wildman–Crippen MR) is 92.8 cm³/mol. The van der Waals surface area contributed by atoms with Gasteiger partial charge in [0.1, 0.15) is 5.82 Å². The lowest BCUT2D eigenvalue weighted by atomic mass is 10.2. The van der Waals surface area contributed by atoms with Crippen molar-refractivity contribution in [3.05, 3.63) is 40.0 Å². The fourth-order valence-corrected chi connectivity index (χ4v) is 2.48. The van der Waals surface area contributed by atoms with Crippen molar-refractivity contribution in [3.8, 4) is 0 Å². The summed E-state index contributed by atoms with van der Waals surface area (Å²) in [5, 5.41) is 5.20. The first-order valence-corrected chi connectivity index (χ1v) is 8.56. The number of anilines is 3. The lowest BCUT2D eigenvalue weighted by Gasteiger charge is -2.16. The highest BCUT2D eigenvalue weighted by Gasteiger charge is 2.35. The number of hydrogen-bond donors (Lipinski definition) is 2. The summed E-state index contributed by atoms with van der Waals surface area (Å²) in [6.45, 7) is 3.56. The maximum Gasteiger partial charge on any atom is 0.433 e. The number of nitrogens with one attached hydrogen (secondary N) is 2. The Bertz CT molecular complexity index is 806. The molecule has 0 fully saturated rings. The second-order valence-corrected chi connectivity index (χ2v) is 6.59. The van der Waals surface area contributed by atoms with Crippen molar-refractivity contribution in [1.82, 2.24) is 9.97 Å². The van der Waals surface area contributed by atoms with Gasteiger partial charge in [-0.05, 0) is 31.5 Å². The van der Waals surface area contributed by atoms with Gasteiger partial charge in [-0.3, -0.25) is 0 Å². The highest BCUT2D eigenvalue weighted by molar-refractivity contribution is 9.10. The van der Waals surface area contributed by atoms with E-state index in [1.165, 1.54) is 6.07 Å². The smallest absolute Gasteiger partial charge is 0.352 e. The second kappa shape index (κ2) is 7.91. The van der Waals surface area contributed by atoms with E-state index in [2.05, 4.69) is 36.5 Å². The molecular formula is C16H15BrF6N4. The van der Waals surface area contributed by atoms with E-state index in [-0.39, 0.29) is 28.0 Å². The van der Waals surface area contributed by atoms with Crippen molar-refractivity contribution in [3.63, 3.8) is 0 Å². The number of aromatic nitrogens is 2. The maximum atomic E-state index is 13.1. The molecule has 0 saturated carbocycles. The highest BCUT2D eigenvalue weighted by atomic mass is 79.9. The number of benzene rings is 1. The summed E-state index contributed by atoms with van der Waals surface area (Å²) in [4.78, 5) is 7.35. The fourth-order valence-electron chi connectivity index (χ4n) is 2.01. The maximum absolute atomic E-state index is 13.1. The monoisotopic (exact) mass is 456 g/mol. The molecule has 4 nitrogen and oxygen atoms in total. The van der Waals surface area contributed by atoms with Gasteiger partial charge < -0.3 is 10.6 Å². The van der Waals surface area contributed by atoms with Crippen LogP contribution in [-0.2, 0) is 12.4 Å². The Labute approximate surface area is 159 Å². The first kappa shape index (κ1) is 21.3. The van der Waals surface area contributed by atoms with E-state index in [9.17, 15) is 26.3 Å². The van der Waals surface area contributed by atoms with Crippen molar-refractivity contribution in [1.29, 1.82) is 0 Å². The van der Waals surface area contributed by atoms with Crippen LogP contribution in [0.2, 0.25) is 0 Å². The minimum atomic E-state index is -4.73. The van der Waals surface area contributed by atoms with Gasteiger partial charge in [0.15, 0.2) is 5.69 Å². The largest absolute Gasteiger partial charge is 0.433 e. The lowest BCUT2D eigenvalue weighted by molar-refractivity contribution is -0.141. The number of halogens is 7. The van der Waals surface area contributed by atoms with E-state index in [4.69, 9.17) is 0 Å². The third kappa shape index (κ3) is 5.72. The first-order valence-electron chi connectivity index (χ1n) is 7.76. The second-order valence-electron chi connectivity index (χ2n) is 5.73. The molecule has 2 N–H and O–H groups in total. The number of nitrogens with zero attached hydrogens (tertiary/aromatic N) is 2. The Morgan fingerprint density at radius 2 is 1.70 bits per heavy atom. The Morgan fingerprint density at radius 1 is 1.04 bits per heavy atom. The Kier molecular flexibility index (Phi) is 6.23. The van der Waals surface area contributed by atoms with E-state index in [1.54, 1.807) is 6.92 Å². The molecular weight excluding hydrogens is 442 g/mol. The van der Waals surface area contributed by atoms with E-state index in [1.807, 2.05) is 6.92 Å². The number of rotatable bonds is 5. The zero-order valence-electron chi connectivity index (χ0n) is 14.1. The van der Waals surface area contributed by atoms with E-state index >= 15 is 0 Å². The van der Waals surface area contributed by atoms with Crippen molar-refractivity contribution < 1.29 is 26.3 Å². The summed E-state index contributed by atoms with van der Waals surface area (Å²) in [5.74, 6) is -0.548. The average molecular weight is 457 g/mol. The first-order chi connectivity index (χ1) is 12.4. The van der Waals surface area contributed by atoms with Gasteiger partial charge in [0.2, 0.25) is 5.95 Å². The summed E-state index contributed by atoms with van der Waals surface area (Å²) < 4.78 is 78.0. The molecule has 0 radical (unpaired) electrons. The van der Waals surface area contributed by atoms with Gasteiger partial charge in [-0.15, -0.1) is 0 Å². The molecule has 1 atom stereocenters. The standard InChI is InChI=1S/C16H15BrF6N4/c1-3-8(2)24-14-26-12(16(21,22)23)7-13(27-14)25-9-4-5-11(17)10(6-9)15(18,19)20/h4-8H,3H2,1-2H3,(H2,24,25,26,27)/t8-/m1/s1. The highest BCUT2D eigenvalue weighted by Crippen LogP contribution is 2.37. The van der Waals surface area contributed by atoms with Crippen molar-refractivity contribution in [2.45, 2.75) is 38.7 Å². The minimum absolute atomic E-state index is 0.0631. The molecule has 0 aliphatic heterocycles. The molecule has 0 amide bonds. The van der Waals surface area contributed by atoms with Gasteiger partial charge >= 0.3 is 12.4 Å². The summed E-state index contributed by atoms with van der Waals surface area (Å²) in [7, 11) is 0. The summed E-state index contributed by atoms with van der Waals surface area (Å²) in [6, 6.07) is 3.66. The molecule has 1 heterocycles. The molecule has 1 aromatic carbocycles. The van der Waals surface area contributed by atoms with E-state index < -0.39 is 23.6 Å². The van der Waals surface area contributed by atoms with Crippen LogP contribution in [-0.4, -0.2) is 16.0 Å². The molecule has 0 saturated heterocycles. The topological polar surface area (TPSA) is 49.8 Å². The molecule has 148 valence electrons. The van der Waals surface area contributed by atoms with E-state index in [0.717, 1.165) is 12.1 Å². The van der Waals surface area contributed by atoms with Crippen molar-refractivity contribution in [2.24, 2.45) is 0 Å². The lowest BCUT2D eigenvalue weighted by Crippen LogP contribution is -2.18. The average Bonchev–Trinajstić information content (AvgIpc) is 2.54. The third-order valence-electron chi connectivity index (χ3n) is 3.55. The molecule has 0 bridgehead atoms. The Balaban J connectivity index is 2.42. The van der Waals surface area contributed by atoms with Gasteiger partial charge in [-0.2, -0.15) is 31.3 Å². The summed E-state index contributed by atoms with van der Waals surface area (Å²) >= 11 is 2.80. The molecule has 0 spiro atoms. The van der Waals surface area contributed by atoms with Crippen LogP contribution in [0.4, 0.5) is 43.8 Å². The molecule has 0 aliphatic carbocycles. The van der Waals surface area contributed by atoms with Crippen LogP contribution in [0.1, 0.15) is 31.5 Å². The molecule has 2 rings (SSSR count). The Hall–Kier alpha value is -2.04. The normalized spacial score (nSPS) is 13.4. The molecule has 2 aromatic rings. The van der Waals surface area contributed by atoms with Crippen LogP contribution in [0.5, 0.6) is 0 Å². The van der Waals surface area contributed by atoms with Gasteiger partial charge in [-0.25, -0.2) is 4.98 Å². The number of alkyl halides is 6. The number of hydrogen-bond acceptors (Lipinski definition) is 4. The van der Waals surface area contributed by atoms with Crippen LogP contribution in [0.25, 0.3) is 0 Å². The summed E-state index contributed by atoms with van der Waals surface area (Å²) in [6.07, 6.45) is -8.74. The SMILES string of the molecule is CC[C@@H](C)Nc1nc(Nc2ccc(Br)c(C(F)(F)F)c2)cc(C(F)(F)F)n1. The molecule has 1 aromatic heterocycles. The van der Waals surface area contributed by atoms with Crippen LogP contribution < -0.4 is 10.6 Å². The molecule has 0 unspecified atom stereocenters. The molecule has 11 heteroatoms. The van der Waals surface area contributed by atoms with Crippen LogP contribution in [0.3, 0.4) is 0 Å². The Morgan fingerprint density at radius 3 is 2.26 bits per heavy atom. The van der Waals surface area contributed by atoms with Gasteiger partial charge in [0.05, 0.1) is 5.56 Å². The van der Waals surface area contributed by atoms with Gasteiger partial charge in [-0.1, -0.05) is 22.9 Å². The quantitative estimate of drug-likeness (QED) is 0.523. The fraction of sp³-hybridized carbons (Fsp3) is 0.375. The molecule has 0 aliphatic rings. The van der Waals surface area contributed by atoms with Crippen molar-refractivity contribution in [2.75, 3.05) is 10.6 Å². The summed E-state index contributed by atoms with van der Waals surface area (Å²) in [5.41, 5.74) is -2.23. The third-order valence-corrected chi connectivity index (χ3v) is 4.24. The van der Waals surface area contributed by atoms with Crippen LogP contribution >= 0.6 is 15.9 Å². The molecule has 27 heavy (non-hydrogen) atoms. The van der Waals surface area contributed by atoms with Crippen molar-refractivity contribution >= 4 is 33.4 Å². The van der Waals surface area contributed by atoms with Crippen LogP contribution in [0.15, 0.2) is 28.7 Å². The predicted octanol–water partition coefficient (Wildman–Crippen LogP) is 6.23. The van der Waals surface area contributed by atoms with Crippen LogP contribution in [0, 0.1) is 0 Å².